The second-order valence-electron chi connectivity index (χ2n) is 6.93. The zero-order chi connectivity index (χ0) is 23.2. The number of aromatic nitrogens is 7. The van der Waals surface area contributed by atoms with Gasteiger partial charge in [0.05, 0.1) is 12.8 Å². The summed E-state index contributed by atoms with van der Waals surface area (Å²) in [6, 6.07) is 14.9. The third kappa shape index (κ3) is 5.55. The number of aryl methyl sites for hydroxylation is 1. The summed E-state index contributed by atoms with van der Waals surface area (Å²) in [5, 5.41) is 15.1. The highest BCUT2D eigenvalue weighted by Crippen LogP contribution is 2.25. The molecule has 2 heterocycles. The Balaban J connectivity index is 1.37. The van der Waals surface area contributed by atoms with E-state index < -0.39 is 5.97 Å². The van der Waals surface area contributed by atoms with E-state index in [0.29, 0.717) is 17.3 Å². The number of hydrogen-bond donors (Lipinski definition) is 2. The van der Waals surface area contributed by atoms with Crippen LogP contribution in [0.1, 0.15) is 11.4 Å². The van der Waals surface area contributed by atoms with E-state index in [-0.39, 0.29) is 30.9 Å². The number of nitrogens with zero attached hydrogens (tertiary/aromatic N) is 7. The Bertz CT molecular complexity index is 1260. The van der Waals surface area contributed by atoms with Gasteiger partial charge in [-0.05, 0) is 24.3 Å². The van der Waals surface area contributed by atoms with Crippen molar-refractivity contribution in [2.45, 2.75) is 20.1 Å². The number of nitrogens with two attached hydrogens (primary N) is 1. The number of tetrazole rings is 1. The molecular weight excluding hydrogens is 426 g/mol. The predicted octanol–water partition coefficient (Wildman–Crippen LogP) is 1.91. The number of carbonyl (C=O) groups is 1. The SMILES string of the molecule is COc1ccccc1Nc1nc(N)nc(COC(=O)Cn2nnc(-c3ccc(C)cc3)n2)n1. The molecule has 0 saturated carbocycles. The number of para-hydroxylation sites is 2. The van der Waals surface area contributed by atoms with Crippen LogP contribution >= 0.6 is 0 Å². The summed E-state index contributed by atoms with van der Waals surface area (Å²) >= 11 is 0. The molecule has 12 heteroatoms. The smallest absolute Gasteiger partial charge is 0.330 e. The molecule has 0 fully saturated rings. The van der Waals surface area contributed by atoms with Crippen molar-refractivity contribution in [3.63, 3.8) is 0 Å². The van der Waals surface area contributed by atoms with Gasteiger partial charge in [-0.1, -0.05) is 42.0 Å². The number of carbonyl (C=O) groups excluding carboxylic acids is 1. The Morgan fingerprint density at radius 3 is 2.67 bits per heavy atom. The van der Waals surface area contributed by atoms with Crippen LogP contribution in [-0.2, 0) is 22.7 Å². The summed E-state index contributed by atoms with van der Waals surface area (Å²) in [6.07, 6.45) is 0. The molecule has 12 nitrogen and oxygen atoms in total. The fourth-order valence-electron chi connectivity index (χ4n) is 2.86. The lowest BCUT2D eigenvalue weighted by molar-refractivity contribution is -0.146. The average molecular weight is 447 g/mol. The molecule has 0 unspecified atom stereocenters. The lowest BCUT2D eigenvalue weighted by atomic mass is 10.1. The molecule has 0 radical (unpaired) electrons. The molecule has 0 saturated heterocycles. The number of esters is 1. The van der Waals surface area contributed by atoms with E-state index in [9.17, 15) is 4.79 Å². The zero-order valence-corrected chi connectivity index (χ0v) is 18.0. The topological polar surface area (TPSA) is 156 Å². The number of benzene rings is 2. The van der Waals surface area contributed by atoms with E-state index in [2.05, 4.69) is 35.7 Å². The Morgan fingerprint density at radius 1 is 1.09 bits per heavy atom. The summed E-state index contributed by atoms with van der Waals surface area (Å²) in [4.78, 5) is 25.7. The van der Waals surface area contributed by atoms with Gasteiger partial charge < -0.3 is 20.5 Å². The first-order valence-corrected chi connectivity index (χ1v) is 9.91. The molecule has 0 spiro atoms. The third-order valence-electron chi connectivity index (χ3n) is 4.45. The molecule has 0 atom stereocenters. The standard InChI is InChI=1S/C21H21N9O3/c1-13-7-9-14(10-8-13)19-27-29-30(28-19)11-18(31)33-12-17-24-20(22)26-21(25-17)23-15-5-3-4-6-16(15)32-2/h3-10H,11-12H2,1-2H3,(H3,22,23,24,25,26). The van der Waals surface area contributed by atoms with Crippen molar-refractivity contribution < 1.29 is 14.3 Å². The fraction of sp³-hybridized carbons (Fsp3) is 0.190. The third-order valence-corrected chi connectivity index (χ3v) is 4.45. The lowest BCUT2D eigenvalue weighted by Gasteiger charge is -2.10. The molecule has 2 aromatic heterocycles. The van der Waals surface area contributed by atoms with Crippen LogP contribution in [-0.4, -0.2) is 48.2 Å². The van der Waals surface area contributed by atoms with Gasteiger partial charge in [0.25, 0.3) is 0 Å². The first-order chi connectivity index (χ1) is 16.0. The Labute approximate surface area is 188 Å². The van der Waals surface area contributed by atoms with Crippen LogP contribution in [0.25, 0.3) is 11.4 Å². The van der Waals surface area contributed by atoms with E-state index in [1.807, 2.05) is 43.3 Å². The van der Waals surface area contributed by atoms with Crippen LogP contribution < -0.4 is 15.8 Å². The van der Waals surface area contributed by atoms with Crippen molar-refractivity contribution in [3.8, 4) is 17.1 Å². The van der Waals surface area contributed by atoms with Crippen molar-refractivity contribution in [2.75, 3.05) is 18.2 Å². The Kier molecular flexibility index (Phi) is 6.34. The summed E-state index contributed by atoms with van der Waals surface area (Å²) in [7, 11) is 1.56. The second-order valence-corrected chi connectivity index (χ2v) is 6.93. The summed E-state index contributed by atoms with van der Waals surface area (Å²) < 4.78 is 10.5. The number of rotatable bonds is 8. The summed E-state index contributed by atoms with van der Waals surface area (Å²) in [5.41, 5.74) is 8.35. The predicted molar refractivity (Wildman–Crippen MR) is 118 cm³/mol. The maximum Gasteiger partial charge on any atom is 0.330 e. The van der Waals surface area contributed by atoms with Crippen LogP contribution in [0.5, 0.6) is 5.75 Å². The monoisotopic (exact) mass is 447 g/mol. The average Bonchev–Trinajstić information content (AvgIpc) is 3.26. The maximum atomic E-state index is 12.2. The highest BCUT2D eigenvalue weighted by Gasteiger charge is 2.13. The largest absolute Gasteiger partial charge is 0.495 e. The van der Waals surface area contributed by atoms with Crippen molar-refractivity contribution in [1.29, 1.82) is 0 Å². The molecule has 0 aliphatic carbocycles. The van der Waals surface area contributed by atoms with Crippen LogP contribution in [0.4, 0.5) is 17.6 Å². The minimum absolute atomic E-state index is 0.0193. The first kappa shape index (κ1) is 21.6. The quantitative estimate of drug-likeness (QED) is 0.380. The van der Waals surface area contributed by atoms with E-state index in [1.165, 1.54) is 0 Å². The van der Waals surface area contributed by atoms with Crippen LogP contribution in [0.15, 0.2) is 48.5 Å². The molecule has 0 aliphatic rings. The van der Waals surface area contributed by atoms with E-state index in [0.717, 1.165) is 15.9 Å². The molecule has 2 aromatic carbocycles. The van der Waals surface area contributed by atoms with Crippen LogP contribution in [0.2, 0.25) is 0 Å². The fourth-order valence-corrected chi connectivity index (χ4v) is 2.86. The zero-order valence-electron chi connectivity index (χ0n) is 18.0. The molecular formula is C21H21N9O3. The van der Waals surface area contributed by atoms with Gasteiger partial charge in [0.2, 0.25) is 17.7 Å². The number of methoxy groups -OCH3 is 1. The van der Waals surface area contributed by atoms with Crippen LogP contribution in [0, 0.1) is 6.92 Å². The second kappa shape index (κ2) is 9.68. The number of nitrogen functional groups attached to an aromatic ring is 1. The number of anilines is 3. The molecule has 33 heavy (non-hydrogen) atoms. The normalized spacial score (nSPS) is 10.6. The highest BCUT2D eigenvalue weighted by atomic mass is 16.5. The van der Waals surface area contributed by atoms with Gasteiger partial charge in [-0.2, -0.15) is 19.7 Å². The van der Waals surface area contributed by atoms with Gasteiger partial charge in [-0.15, -0.1) is 10.2 Å². The lowest BCUT2D eigenvalue weighted by Crippen LogP contribution is -2.17. The molecule has 4 aromatic rings. The summed E-state index contributed by atoms with van der Waals surface area (Å²) in [5.74, 6) is 0.795. The van der Waals surface area contributed by atoms with Crippen molar-refractivity contribution in [3.05, 3.63) is 59.9 Å². The van der Waals surface area contributed by atoms with E-state index >= 15 is 0 Å². The number of nitrogens with one attached hydrogen (secondary N) is 1. The van der Waals surface area contributed by atoms with Gasteiger partial charge in [0.15, 0.2) is 19.0 Å². The van der Waals surface area contributed by atoms with Gasteiger partial charge in [0, 0.05) is 5.56 Å². The highest BCUT2D eigenvalue weighted by molar-refractivity contribution is 5.69. The van der Waals surface area contributed by atoms with Crippen molar-refractivity contribution in [1.82, 2.24) is 35.2 Å². The number of hydrogen-bond acceptors (Lipinski definition) is 11. The van der Waals surface area contributed by atoms with E-state index in [1.54, 1.807) is 19.2 Å². The minimum atomic E-state index is -0.582. The molecule has 0 aliphatic heterocycles. The molecule has 4 rings (SSSR count). The minimum Gasteiger partial charge on any atom is -0.495 e. The molecule has 0 amide bonds. The Morgan fingerprint density at radius 2 is 1.88 bits per heavy atom. The molecule has 168 valence electrons. The van der Waals surface area contributed by atoms with Crippen molar-refractivity contribution in [2.24, 2.45) is 0 Å². The van der Waals surface area contributed by atoms with Gasteiger partial charge in [-0.25, -0.2) is 4.79 Å². The van der Waals surface area contributed by atoms with Crippen LogP contribution in [0.3, 0.4) is 0 Å². The first-order valence-electron chi connectivity index (χ1n) is 9.91. The molecule has 0 bridgehead atoms. The maximum absolute atomic E-state index is 12.2. The summed E-state index contributed by atoms with van der Waals surface area (Å²) in [6.45, 7) is 1.57. The van der Waals surface area contributed by atoms with Gasteiger partial charge in [-0.3, -0.25) is 0 Å². The number of ether oxygens (including phenoxy) is 2. The Hall–Kier alpha value is -4.61. The molecule has 3 N–H and O–H groups in total. The van der Waals surface area contributed by atoms with Gasteiger partial charge in [0.1, 0.15) is 5.75 Å². The van der Waals surface area contributed by atoms with Gasteiger partial charge >= 0.3 is 5.97 Å². The van der Waals surface area contributed by atoms with Crippen molar-refractivity contribution >= 4 is 23.6 Å². The van der Waals surface area contributed by atoms with E-state index in [4.69, 9.17) is 15.2 Å².